The SMILES string of the molecule is Cc1occc1C(=O)N1CCN(S(N)(=O)=O)CC1. The maximum atomic E-state index is 12.1. The molecule has 18 heavy (non-hydrogen) atoms. The van der Waals surface area contributed by atoms with Crippen molar-refractivity contribution in [1.82, 2.24) is 9.21 Å². The van der Waals surface area contributed by atoms with E-state index in [1.165, 1.54) is 10.6 Å². The highest BCUT2D eigenvalue weighted by molar-refractivity contribution is 7.86. The third-order valence-electron chi connectivity index (χ3n) is 2.97. The predicted octanol–water partition coefficient (Wildman–Crippen LogP) is -0.451. The number of hydrogen-bond acceptors (Lipinski definition) is 4. The van der Waals surface area contributed by atoms with Gasteiger partial charge < -0.3 is 9.32 Å². The summed E-state index contributed by atoms with van der Waals surface area (Å²) in [6, 6.07) is 1.61. The summed E-state index contributed by atoms with van der Waals surface area (Å²) >= 11 is 0. The van der Waals surface area contributed by atoms with Gasteiger partial charge in [0.1, 0.15) is 5.76 Å². The first-order valence-electron chi connectivity index (χ1n) is 5.51. The molecule has 2 heterocycles. The van der Waals surface area contributed by atoms with E-state index in [0.29, 0.717) is 24.4 Å². The standard InChI is InChI=1S/C10H15N3O4S/c1-8-9(2-7-17-8)10(14)12-3-5-13(6-4-12)18(11,15)16/h2,7H,3-6H2,1H3,(H2,11,15,16). The van der Waals surface area contributed by atoms with Crippen LogP contribution < -0.4 is 5.14 Å². The lowest BCUT2D eigenvalue weighted by Gasteiger charge is -2.32. The van der Waals surface area contributed by atoms with Crippen LogP contribution >= 0.6 is 0 Å². The zero-order valence-corrected chi connectivity index (χ0v) is 10.8. The summed E-state index contributed by atoms with van der Waals surface area (Å²) in [5, 5.41) is 5.03. The molecule has 1 amide bonds. The van der Waals surface area contributed by atoms with Crippen LogP contribution in [0.15, 0.2) is 16.7 Å². The smallest absolute Gasteiger partial charge is 0.277 e. The Morgan fingerprint density at radius 2 is 1.94 bits per heavy atom. The molecule has 0 aromatic carbocycles. The molecule has 1 saturated heterocycles. The van der Waals surface area contributed by atoms with Crippen LogP contribution in [0, 0.1) is 6.92 Å². The van der Waals surface area contributed by atoms with Gasteiger partial charge in [0.05, 0.1) is 11.8 Å². The van der Waals surface area contributed by atoms with Gasteiger partial charge in [-0.1, -0.05) is 0 Å². The number of piperazine rings is 1. The molecule has 0 spiro atoms. The highest BCUT2D eigenvalue weighted by atomic mass is 32.2. The average Bonchev–Trinajstić information content (AvgIpc) is 2.73. The fraction of sp³-hybridized carbons (Fsp3) is 0.500. The van der Waals surface area contributed by atoms with Crippen LogP contribution in [0.2, 0.25) is 0 Å². The van der Waals surface area contributed by atoms with Crippen LogP contribution in [-0.4, -0.2) is 49.7 Å². The maximum absolute atomic E-state index is 12.1. The Kier molecular flexibility index (Phi) is 3.42. The predicted molar refractivity (Wildman–Crippen MR) is 64.0 cm³/mol. The van der Waals surface area contributed by atoms with E-state index in [9.17, 15) is 13.2 Å². The van der Waals surface area contributed by atoms with Crippen LogP contribution in [0.25, 0.3) is 0 Å². The number of furan rings is 1. The van der Waals surface area contributed by atoms with Gasteiger partial charge in [-0.15, -0.1) is 0 Å². The lowest BCUT2D eigenvalue weighted by Crippen LogP contribution is -2.52. The lowest BCUT2D eigenvalue weighted by molar-refractivity contribution is 0.0696. The molecule has 100 valence electrons. The number of nitrogens with two attached hydrogens (primary N) is 1. The third-order valence-corrected chi connectivity index (χ3v) is 4.06. The van der Waals surface area contributed by atoms with Gasteiger partial charge in [0.15, 0.2) is 0 Å². The van der Waals surface area contributed by atoms with E-state index in [1.807, 2.05) is 0 Å². The molecule has 2 N–H and O–H groups in total. The fourth-order valence-electron chi connectivity index (χ4n) is 1.92. The van der Waals surface area contributed by atoms with Gasteiger partial charge in [0.25, 0.3) is 16.1 Å². The Morgan fingerprint density at radius 3 is 2.39 bits per heavy atom. The van der Waals surface area contributed by atoms with Crippen molar-refractivity contribution in [3.63, 3.8) is 0 Å². The topological polar surface area (TPSA) is 96.8 Å². The van der Waals surface area contributed by atoms with Crippen LogP contribution in [-0.2, 0) is 10.2 Å². The minimum atomic E-state index is -3.66. The molecular weight excluding hydrogens is 258 g/mol. The summed E-state index contributed by atoms with van der Waals surface area (Å²) in [4.78, 5) is 13.7. The number of hydrogen-bond donors (Lipinski definition) is 1. The van der Waals surface area contributed by atoms with E-state index in [0.717, 1.165) is 0 Å². The second kappa shape index (κ2) is 4.71. The van der Waals surface area contributed by atoms with Gasteiger partial charge in [0.2, 0.25) is 0 Å². The van der Waals surface area contributed by atoms with Gasteiger partial charge in [0, 0.05) is 26.2 Å². The second-order valence-corrected chi connectivity index (χ2v) is 5.67. The zero-order valence-electron chi connectivity index (χ0n) is 10.00. The van der Waals surface area contributed by atoms with Crippen molar-refractivity contribution in [2.45, 2.75) is 6.92 Å². The van der Waals surface area contributed by atoms with E-state index in [2.05, 4.69) is 0 Å². The van der Waals surface area contributed by atoms with Crippen molar-refractivity contribution in [3.05, 3.63) is 23.7 Å². The van der Waals surface area contributed by atoms with Gasteiger partial charge in [-0.2, -0.15) is 12.7 Å². The minimum absolute atomic E-state index is 0.143. The maximum Gasteiger partial charge on any atom is 0.277 e. The van der Waals surface area contributed by atoms with E-state index in [-0.39, 0.29) is 19.0 Å². The quantitative estimate of drug-likeness (QED) is 0.789. The number of rotatable bonds is 2. The molecule has 0 saturated carbocycles. The molecular formula is C10H15N3O4S. The third kappa shape index (κ3) is 2.55. The zero-order chi connectivity index (χ0) is 13.3. The number of amides is 1. The number of carbonyl (C=O) groups excluding carboxylic acids is 1. The van der Waals surface area contributed by atoms with E-state index < -0.39 is 10.2 Å². The number of nitrogens with zero attached hydrogens (tertiary/aromatic N) is 2. The van der Waals surface area contributed by atoms with Gasteiger partial charge >= 0.3 is 0 Å². The van der Waals surface area contributed by atoms with Crippen LogP contribution in [0.1, 0.15) is 16.1 Å². The molecule has 1 aromatic heterocycles. The van der Waals surface area contributed by atoms with Crippen molar-refractivity contribution in [3.8, 4) is 0 Å². The molecule has 7 nitrogen and oxygen atoms in total. The average molecular weight is 273 g/mol. The van der Waals surface area contributed by atoms with Crippen molar-refractivity contribution in [1.29, 1.82) is 0 Å². The molecule has 0 unspecified atom stereocenters. The van der Waals surface area contributed by atoms with E-state index >= 15 is 0 Å². The second-order valence-electron chi connectivity index (χ2n) is 4.13. The Morgan fingerprint density at radius 1 is 1.33 bits per heavy atom. The first-order chi connectivity index (χ1) is 8.39. The van der Waals surface area contributed by atoms with Gasteiger partial charge in [-0.25, -0.2) is 5.14 Å². The van der Waals surface area contributed by atoms with Crippen molar-refractivity contribution in [2.24, 2.45) is 5.14 Å². The van der Waals surface area contributed by atoms with Crippen LogP contribution in [0.5, 0.6) is 0 Å². The first kappa shape index (κ1) is 13.1. The Bertz CT molecular complexity index is 543. The first-order valence-corrected chi connectivity index (χ1v) is 7.01. The van der Waals surface area contributed by atoms with Gasteiger partial charge in [-0.05, 0) is 13.0 Å². The minimum Gasteiger partial charge on any atom is -0.469 e. The molecule has 0 atom stereocenters. The van der Waals surface area contributed by atoms with Gasteiger partial charge in [-0.3, -0.25) is 4.79 Å². The molecule has 1 aliphatic heterocycles. The van der Waals surface area contributed by atoms with Crippen molar-refractivity contribution < 1.29 is 17.6 Å². The van der Waals surface area contributed by atoms with E-state index in [4.69, 9.17) is 9.56 Å². The Hall–Kier alpha value is -1.38. The molecule has 2 rings (SSSR count). The highest BCUT2D eigenvalue weighted by Crippen LogP contribution is 2.14. The molecule has 1 aromatic rings. The highest BCUT2D eigenvalue weighted by Gasteiger charge is 2.27. The fourth-order valence-corrected chi connectivity index (χ4v) is 2.60. The summed E-state index contributed by atoms with van der Waals surface area (Å²) in [5.41, 5.74) is 0.513. The van der Waals surface area contributed by atoms with Crippen LogP contribution in [0.3, 0.4) is 0 Å². The molecule has 0 aliphatic carbocycles. The summed E-state index contributed by atoms with van der Waals surface area (Å²) in [5.74, 6) is 0.421. The summed E-state index contributed by atoms with van der Waals surface area (Å²) in [6.45, 7) is 2.83. The summed E-state index contributed by atoms with van der Waals surface area (Å²) in [6.07, 6.45) is 1.46. The van der Waals surface area contributed by atoms with Crippen molar-refractivity contribution in [2.75, 3.05) is 26.2 Å². The normalized spacial score (nSPS) is 18.0. The summed E-state index contributed by atoms with van der Waals surface area (Å²) in [7, 11) is -3.66. The molecule has 8 heteroatoms. The molecule has 1 aliphatic rings. The number of aryl methyl sites for hydroxylation is 1. The Balaban J connectivity index is 2.03. The largest absolute Gasteiger partial charge is 0.469 e. The Labute approximate surface area is 105 Å². The van der Waals surface area contributed by atoms with Crippen LogP contribution in [0.4, 0.5) is 0 Å². The molecule has 1 fully saturated rings. The number of carbonyl (C=O) groups is 1. The lowest BCUT2D eigenvalue weighted by atomic mass is 10.2. The van der Waals surface area contributed by atoms with Crippen molar-refractivity contribution >= 4 is 16.1 Å². The molecule has 0 radical (unpaired) electrons. The summed E-state index contributed by atoms with van der Waals surface area (Å²) < 4.78 is 28.5. The molecule has 0 bridgehead atoms. The van der Waals surface area contributed by atoms with E-state index in [1.54, 1.807) is 17.9 Å². The monoisotopic (exact) mass is 273 g/mol.